The minimum Gasteiger partial charge on any atom is -0.502 e. The van der Waals surface area contributed by atoms with Crippen LogP contribution >= 0.6 is 0 Å². The summed E-state index contributed by atoms with van der Waals surface area (Å²) in [5.74, 6) is 0.732. The summed E-state index contributed by atoms with van der Waals surface area (Å²) >= 11 is 0. The van der Waals surface area contributed by atoms with Crippen molar-refractivity contribution in [2.75, 3.05) is 19.8 Å². The molecule has 3 nitrogen and oxygen atoms in total. The second-order valence-electron chi connectivity index (χ2n) is 6.51. The van der Waals surface area contributed by atoms with Gasteiger partial charge in [0.25, 0.3) is 0 Å². The van der Waals surface area contributed by atoms with Gasteiger partial charge in [-0.05, 0) is 44.4 Å². The van der Waals surface area contributed by atoms with Crippen molar-refractivity contribution in [1.29, 1.82) is 0 Å². The first kappa shape index (κ1) is 16.8. The van der Waals surface area contributed by atoms with Crippen LogP contribution in [0.1, 0.15) is 64.7 Å². The van der Waals surface area contributed by atoms with Crippen LogP contribution in [-0.4, -0.2) is 31.5 Å². The Labute approximate surface area is 130 Å². The average molecular weight is 296 g/mol. The van der Waals surface area contributed by atoms with Crippen LogP contribution in [0.15, 0.2) is 12.8 Å². The molecule has 1 heterocycles. The van der Waals surface area contributed by atoms with Crippen molar-refractivity contribution in [3.63, 3.8) is 0 Å². The van der Waals surface area contributed by atoms with Crippen molar-refractivity contribution in [2.45, 2.75) is 76.4 Å². The molecular formula is C18H32O3. The van der Waals surface area contributed by atoms with Crippen LogP contribution in [0.3, 0.4) is 0 Å². The van der Waals surface area contributed by atoms with Crippen LogP contribution < -0.4 is 0 Å². The standard InChI is InChI=1S/C18H32O3/c1-3-18(21-15-17-14-20-17,12-8-9-13-19-4-2)16-10-6-5-7-11-16/h4,16-17H,2-3,5-15H2,1H3. The number of rotatable bonds is 11. The van der Waals surface area contributed by atoms with Crippen LogP contribution in [0.2, 0.25) is 0 Å². The van der Waals surface area contributed by atoms with Gasteiger partial charge in [0, 0.05) is 0 Å². The van der Waals surface area contributed by atoms with Crippen molar-refractivity contribution < 1.29 is 14.2 Å². The molecule has 0 radical (unpaired) electrons. The van der Waals surface area contributed by atoms with E-state index < -0.39 is 0 Å². The van der Waals surface area contributed by atoms with E-state index in [1.807, 2.05) is 0 Å². The fraction of sp³-hybridized carbons (Fsp3) is 0.889. The second-order valence-corrected chi connectivity index (χ2v) is 6.51. The minimum absolute atomic E-state index is 0.0700. The summed E-state index contributed by atoms with van der Waals surface area (Å²) in [5, 5.41) is 0. The number of hydrogen-bond acceptors (Lipinski definition) is 3. The lowest BCUT2D eigenvalue weighted by Crippen LogP contribution is -2.42. The number of epoxide rings is 1. The van der Waals surface area contributed by atoms with Gasteiger partial charge in [-0.1, -0.05) is 32.8 Å². The van der Waals surface area contributed by atoms with E-state index in [0.717, 1.165) is 45.0 Å². The zero-order valence-corrected chi connectivity index (χ0v) is 13.6. The summed E-state index contributed by atoms with van der Waals surface area (Å²) in [7, 11) is 0. The zero-order chi connectivity index (χ0) is 15.0. The highest BCUT2D eigenvalue weighted by Crippen LogP contribution is 2.41. The maximum absolute atomic E-state index is 6.46. The van der Waals surface area contributed by atoms with Gasteiger partial charge >= 0.3 is 0 Å². The first-order valence-electron chi connectivity index (χ1n) is 8.79. The summed E-state index contributed by atoms with van der Waals surface area (Å²) in [5.41, 5.74) is 0.0700. The van der Waals surface area contributed by atoms with Gasteiger partial charge in [0.2, 0.25) is 0 Å². The number of ether oxygens (including phenoxy) is 3. The van der Waals surface area contributed by atoms with E-state index in [4.69, 9.17) is 14.2 Å². The molecule has 0 aromatic rings. The van der Waals surface area contributed by atoms with E-state index in [1.165, 1.54) is 44.8 Å². The van der Waals surface area contributed by atoms with Gasteiger partial charge in [0.15, 0.2) is 0 Å². The first-order valence-corrected chi connectivity index (χ1v) is 8.79. The molecule has 2 rings (SSSR count). The largest absolute Gasteiger partial charge is 0.502 e. The smallest absolute Gasteiger partial charge is 0.104 e. The zero-order valence-electron chi connectivity index (χ0n) is 13.6. The van der Waals surface area contributed by atoms with Gasteiger partial charge in [-0.25, -0.2) is 0 Å². The highest BCUT2D eigenvalue weighted by Gasteiger charge is 2.39. The fourth-order valence-electron chi connectivity index (χ4n) is 3.71. The van der Waals surface area contributed by atoms with Crippen LogP contribution in [0.25, 0.3) is 0 Å². The number of unbranched alkanes of at least 4 members (excludes halogenated alkanes) is 1. The molecule has 2 fully saturated rings. The van der Waals surface area contributed by atoms with E-state index in [0.29, 0.717) is 6.10 Å². The van der Waals surface area contributed by atoms with Crippen molar-refractivity contribution in [3.8, 4) is 0 Å². The first-order chi connectivity index (χ1) is 10.3. The molecule has 2 atom stereocenters. The molecule has 0 spiro atoms. The minimum atomic E-state index is 0.0700. The SMILES string of the molecule is C=COCCCCC(CC)(OCC1CO1)C1CCCCC1. The molecule has 122 valence electrons. The Morgan fingerprint density at radius 3 is 2.62 bits per heavy atom. The van der Waals surface area contributed by atoms with Crippen LogP contribution in [0, 0.1) is 5.92 Å². The Hall–Kier alpha value is -0.540. The van der Waals surface area contributed by atoms with Gasteiger partial charge in [0.1, 0.15) is 6.10 Å². The third-order valence-corrected chi connectivity index (χ3v) is 5.14. The molecule has 0 amide bonds. The topological polar surface area (TPSA) is 31.0 Å². The Morgan fingerprint density at radius 2 is 2.00 bits per heavy atom. The molecule has 0 aromatic heterocycles. The lowest BCUT2D eigenvalue weighted by molar-refractivity contribution is -0.110. The van der Waals surface area contributed by atoms with Crippen molar-refractivity contribution in [1.82, 2.24) is 0 Å². The quantitative estimate of drug-likeness (QED) is 0.320. The molecule has 1 saturated carbocycles. The summed E-state index contributed by atoms with van der Waals surface area (Å²) in [6.45, 7) is 8.34. The fourth-order valence-corrected chi connectivity index (χ4v) is 3.71. The van der Waals surface area contributed by atoms with E-state index >= 15 is 0 Å². The molecule has 1 saturated heterocycles. The van der Waals surface area contributed by atoms with Gasteiger partial charge in [-0.2, -0.15) is 0 Å². The Bertz CT molecular complexity index is 295. The number of hydrogen-bond donors (Lipinski definition) is 0. The van der Waals surface area contributed by atoms with Crippen molar-refractivity contribution in [3.05, 3.63) is 12.8 Å². The third kappa shape index (κ3) is 5.30. The summed E-state index contributed by atoms with van der Waals surface area (Å²) < 4.78 is 17.0. The predicted octanol–water partition coefficient (Wildman–Crippen LogP) is 4.46. The summed E-state index contributed by atoms with van der Waals surface area (Å²) in [6, 6.07) is 0. The van der Waals surface area contributed by atoms with E-state index in [2.05, 4.69) is 13.5 Å². The van der Waals surface area contributed by atoms with Crippen LogP contribution in [0.5, 0.6) is 0 Å². The molecule has 1 aliphatic carbocycles. The predicted molar refractivity (Wildman–Crippen MR) is 85.3 cm³/mol. The summed E-state index contributed by atoms with van der Waals surface area (Å²) in [6.07, 6.45) is 13.2. The van der Waals surface area contributed by atoms with Gasteiger partial charge < -0.3 is 14.2 Å². The van der Waals surface area contributed by atoms with Gasteiger partial charge in [0.05, 0.1) is 31.7 Å². The highest BCUT2D eigenvalue weighted by atomic mass is 16.6. The molecule has 0 aromatic carbocycles. The molecule has 1 aliphatic heterocycles. The molecule has 2 aliphatic rings. The summed E-state index contributed by atoms with van der Waals surface area (Å²) in [4.78, 5) is 0. The molecule has 21 heavy (non-hydrogen) atoms. The van der Waals surface area contributed by atoms with Crippen LogP contribution in [-0.2, 0) is 14.2 Å². The lowest BCUT2D eigenvalue weighted by Gasteiger charge is -2.42. The maximum atomic E-state index is 6.46. The van der Waals surface area contributed by atoms with Gasteiger partial charge in [-0.3, -0.25) is 0 Å². The third-order valence-electron chi connectivity index (χ3n) is 5.14. The molecule has 2 unspecified atom stereocenters. The van der Waals surface area contributed by atoms with E-state index in [9.17, 15) is 0 Å². The molecule has 3 heteroatoms. The van der Waals surface area contributed by atoms with E-state index in [1.54, 1.807) is 0 Å². The highest BCUT2D eigenvalue weighted by molar-refractivity contribution is 4.90. The normalized spacial score (nSPS) is 25.3. The molecule has 0 N–H and O–H groups in total. The average Bonchev–Trinajstić information content (AvgIpc) is 3.36. The van der Waals surface area contributed by atoms with Crippen molar-refractivity contribution in [2.24, 2.45) is 5.92 Å². The lowest BCUT2D eigenvalue weighted by atomic mass is 9.73. The Balaban J connectivity index is 1.87. The second kappa shape index (κ2) is 8.79. The molecule has 0 bridgehead atoms. The van der Waals surface area contributed by atoms with Gasteiger partial charge in [-0.15, -0.1) is 0 Å². The van der Waals surface area contributed by atoms with Crippen LogP contribution in [0.4, 0.5) is 0 Å². The Kier molecular flexibility index (Phi) is 7.05. The molecular weight excluding hydrogens is 264 g/mol. The monoisotopic (exact) mass is 296 g/mol. The maximum Gasteiger partial charge on any atom is 0.104 e. The van der Waals surface area contributed by atoms with Crippen molar-refractivity contribution >= 4 is 0 Å². The Morgan fingerprint density at radius 1 is 1.24 bits per heavy atom. The van der Waals surface area contributed by atoms with E-state index in [-0.39, 0.29) is 5.60 Å².